The molecule has 0 saturated carbocycles. The summed E-state index contributed by atoms with van der Waals surface area (Å²) >= 11 is 0. The van der Waals surface area contributed by atoms with Crippen LogP contribution in [0.3, 0.4) is 0 Å². The minimum absolute atomic E-state index is 0.237. The summed E-state index contributed by atoms with van der Waals surface area (Å²) < 4.78 is 5.73. The van der Waals surface area contributed by atoms with Crippen LogP contribution in [0.4, 0.5) is 0 Å². The summed E-state index contributed by atoms with van der Waals surface area (Å²) in [7, 11) is 0. The Morgan fingerprint density at radius 1 is 0.943 bits per heavy atom. The van der Waals surface area contributed by atoms with E-state index in [1.54, 1.807) is 60.4 Å². The molecule has 0 aliphatic carbocycles. The number of nitrogens with zero attached hydrogens (tertiary/aromatic N) is 2. The third-order valence-electron chi connectivity index (χ3n) is 6.48. The van der Waals surface area contributed by atoms with Gasteiger partial charge in [0.15, 0.2) is 6.23 Å². The van der Waals surface area contributed by atoms with Crippen molar-refractivity contribution < 1.29 is 23.9 Å². The van der Waals surface area contributed by atoms with E-state index in [9.17, 15) is 19.2 Å². The molecular weight excluding hydrogens is 444 g/mol. The highest BCUT2D eigenvalue weighted by Crippen LogP contribution is 2.40. The summed E-state index contributed by atoms with van der Waals surface area (Å²) in [6, 6.07) is 15.6. The summed E-state index contributed by atoms with van der Waals surface area (Å²) in [4.78, 5) is 54.4. The van der Waals surface area contributed by atoms with Crippen molar-refractivity contribution in [3.05, 3.63) is 83.4 Å². The lowest BCUT2D eigenvalue weighted by Crippen LogP contribution is -2.54. The van der Waals surface area contributed by atoms with Gasteiger partial charge in [0.2, 0.25) is 0 Å². The van der Waals surface area contributed by atoms with E-state index in [0.717, 1.165) is 0 Å². The molecule has 0 aromatic heterocycles. The Hall–Kier alpha value is -3.74. The predicted octanol–water partition coefficient (Wildman–Crippen LogP) is 4.45. The smallest absolute Gasteiger partial charge is 0.334 e. The molecule has 182 valence electrons. The molecule has 0 bridgehead atoms. The zero-order valence-corrected chi connectivity index (χ0v) is 20.5. The molecule has 7 heteroatoms. The quantitative estimate of drug-likeness (QED) is 0.351. The number of carbonyl (C=O) groups is 4. The molecule has 3 amide bonds. The molecule has 2 atom stereocenters. The molecule has 0 N–H and O–H groups in total. The molecule has 2 aromatic carbocycles. The van der Waals surface area contributed by atoms with Crippen LogP contribution in [0.25, 0.3) is 0 Å². The van der Waals surface area contributed by atoms with Crippen LogP contribution in [0.2, 0.25) is 0 Å². The van der Waals surface area contributed by atoms with Crippen LogP contribution in [-0.4, -0.2) is 51.8 Å². The van der Waals surface area contributed by atoms with Crippen molar-refractivity contribution in [1.29, 1.82) is 0 Å². The van der Waals surface area contributed by atoms with E-state index in [1.165, 1.54) is 4.90 Å². The number of fused-ring (bicyclic) bond motifs is 1. The Morgan fingerprint density at radius 3 is 2.09 bits per heavy atom. The molecule has 2 heterocycles. The van der Waals surface area contributed by atoms with E-state index in [2.05, 4.69) is 0 Å². The summed E-state index contributed by atoms with van der Waals surface area (Å²) in [6.07, 6.45) is 3.62. The molecule has 4 rings (SSSR count). The van der Waals surface area contributed by atoms with Crippen molar-refractivity contribution >= 4 is 23.7 Å². The van der Waals surface area contributed by atoms with Gasteiger partial charge in [-0.1, -0.05) is 63.3 Å². The minimum Gasteiger partial charge on any atom is -0.439 e. The highest BCUT2D eigenvalue weighted by atomic mass is 16.6. The molecule has 0 spiro atoms. The molecule has 35 heavy (non-hydrogen) atoms. The highest BCUT2D eigenvalue weighted by molar-refractivity contribution is 6.21. The topological polar surface area (TPSA) is 84.0 Å². The SMILES string of the molecule is CC(C)(C)[C@H]1OC(=O)[C@](C)(C/C=C/CCN2C(=O)c3ccccc3C2=O)N1C(=O)c1ccccc1. The van der Waals surface area contributed by atoms with Gasteiger partial charge in [-0.05, 0) is 44.0 Å². The van der Waals surface area contributed by atoms with E-state index in [0.29, 0.717) is 23.1 Å². The average Bonchev–Trinajstić information content (AvgIpc) is 3.24. The van der Waals surface area contributed by atoms with Crippen molar-refractivity contribution in [2.24, 2.45) is 5.41 Å². The Morgan fingerprint density at radius 2 is 1.51 bits per heavy atom. The summed E-state index contributed by atoms with van der Waals surface area (Å²) in [5.41, 5.74) is -0.331. The van der Waals surface area contributed by atoms with Gasteiger partial charge in [0.1, 0.15) is 5.54 Å². The molecule has 0 unspecified atom stereocenters. The third-order valence-corrected chi connectivity index (χ3v) is 6.48. The molecule has 2 aliphatic heterocycles. The van der Waals surface area contributed by atoms with Gasteiger partial charge in [-0.3, -0.25) is 24.2 Å². The number of imide groups is 1. The fraction of sp³-hybridized carbons (Fsp3) is 0.357. The fourth-order valence-electron chi connectivity index (χ4n) is 4.51. The Balaban J connectivity index is 1.48. The lowest BCUT2D eigenvalue weighted by Gasteiger charge is -2.38. The maximum Gasteiger partial charge on any atom is 0.334 e. The maximum absolute atomic E-state index is 13.5. The van der Waals surface area contributed by atoms with Gasteiger partial charge in [0.25, 0.3) is 17.7 Å². The normalized spacial score (nSPS) is 22.2. The van der Waals surface area contributed by atoms with Gasteiger partial charge >= 0.3 is 5.97 Å². The Labute approximate surface area is 205 Å². The second-order valence-corrected chi connectivity index (χ2v) is 10.2. The molecule has 2 aliphatic rings. The van der Waals surface area contributed by atoms with Gasteiger partial charge < -0.3 is 4.74 Å². The fourth-order valence-corrected chi connectivity index (χ4v) is 4.51. The minimum atomic E-state index is -1.18. The van der Waals surface area contributed by atoms with E-state index < -0.39 is 23.2 Å². The Kier molecular flexibility index (Phi) is 6.36. The Bertz CT molecular complexity index is 1160. The molecule has 1 fully saturated rings. The zero-order chi connectivity index (χ0) is 25.4. The number of hydrogen-bond donors (Lipinski definition) is 0. The first-order valence-corrected chi connectivity index (χ1v) is 11.8. The lowest BCUT2D eigenvalue weighted by molar-refractivity contribution is -0.148. The van der Waals surface area contributed by atoms with E-state index >= 15 is 0 Å². The van der Waals surface area contributed by atoms with Gasteiger partial charge in [-0.2, -0.15) is 0 Å². The monoisotopic (exact) mass is 474 g/mol. The number of benzene rings is 2. The summed E-state index contributed by atoms with van der Waals surface area (Å²) in [6.45, 7) is 7.75. The number of ether oxygens (including phenoxy) is 1. The van der Waals surface area contributed by atoms with E-state index in [-0.39, 0.29) is 30.7 Å². The maximum atomic E-state index is 13.5. The first-order chi connectivity index (χ1) is 16.6. The van der Waals surface area contributed by atoms with Gasteiger partial charge in [-0.25, -0.2) is 4.79 Å². The number of hydrogen-bond acceptors (Lipinski definition) is 5. The largest absolute Gasteiger partial charge is 0.439 e. The van der Waals surface area contributed by atoms with Gasteiger partial charge in [0, 0.05) is 17.5 Å². The third kappa shape index (κ3) is 4.38. The van der Waals surface area contributed by atoms with E-state index in [4.69, 9.17) is 4.74 Å². The summed E-state index contributed by atoms with van der Waals surface area (Å²) in [5.74, 6) is -1.30. The van der Waals surface area contributed by atoms with Gasteiger partial charge in [0.05, 0.1) is 11.1 Å². The first-order valence-electron chi connectivity index (χ1n) is 11.8. The van der Waals surface area contributed by atoms with Crippen molar-refractivity contribution in [3.63, 3.8) is 0 Å². The predicted molar refractivity (Wildman–Crippen MR) is 131 cm³/mol. The van der Waals surface area contributed by atoms with Crippen LogP contribution in [0.5, 0.6) is 0 Å². The molecule has 1 saturated heterocycles. The van der Waals surface area contributed by atoms with Crippen LogP contribution < -0.4 is 0 Å². The number of rotatable bonds is 6. The van der Waals surface area contributed by atoms with Gasteiger partial charge in [-0.15, -0.1) is 0 Å². The van der Waals surface area contributed by atoms with Crippen LogP contribution in [-0.2, 0) is 9.53 Å². The summed E-state index contributed by atoms with van der Waals surface area (Å²) in [5, 5.41) is 0. The highest BCUT2D eigenvalue weighted by Gasteiger charge is 2.57. The first kappa shape index (κ1) is 24.4. The molecular formula is C28H30N2O5. The number of amides is 3. The molecule has 0 radical (unpaired) electrons. The second kappa shape index (κ2) is 9.13. The number of cyclic esters (lactones) is 1. The van der Waals surface area contributed by atoms with Crippen molar-refractivity contribution in [1.82, 2.24) is 9.80 Å². The molecule has 7 nitrogen and oxygen atoms in total. The van der Waals surface area contributed by atoms with Crippen LogP contribution >= 0.6 is 0 Å². The average molecular weight is 475 g/mol. The molecule has 2 aromatic rings. The number of esters is 1. The van der Waals surface area contributed by atoms with Crippen LogP contribution in [0.1, 0.15) is 71.6 Å². The van der Waals surface area contributed by atoms with Crippen molar-refractivity contribution in [2.75, 3.05) is 6.54 Å². The zero-order valence-electron chi connectivity index (χ0n) is 20.5. The van der Waals surface area contributed by atoms with Crippen LogP contribution in [0.15, 0.2) is 66.7 Å². The van der Waals surface area contributed by atoms with Crippen LogP contribution in [0, 0.1) is 5.41 Å². The van der Waals surface area contributed by atoms with Crippen molar-refractivity contribution in [2.45, 2.75) is 52.3 Å². The van der Waals surface area contributed by atoms with Crippen molar-refractivity contribution in [3.8, 4) is 0 Å². The van der Waals surface area contributed by atoms with E-state index in [1.807, 2.05) is 39.0 Å². The number of carbonyl (C=O) groups excluding carboxylic acids is 4. The second-order valence-electron chi connectivity index (χ2n) is 10.2. The lowest BCUT2D eigenvalue weighted by atomic mass is 9.89. The standard InChI is InChI=1S/C28H30N2O5/c1-27(2,3)25-30(22(31)19-13-7-5-8-14-19)28(4,26(34)35-25)17-11-6-12-18-29-23(32)20-15-9-10-16-21(20)24(29)33/h5-11,13-16,25H,12,17-18H2,1-4H3/b11-6+/t25-,28+/m1/s1.